The maximum atomic E-state index is 12.6. The number of tetrazole rings is 1. The molecule has 1 fully saturated rings. The second-order valence-corrected chi connectivity index (χ2v) is 7.81. The number of rotatable bonds is 7. The summed E-state index contributed by atoms with van der Waals surface area (Å²) < 4.78 is 11.6. The van der Waals surface area contributed by atoms with Crippen molar-refractivity contribution in [1.82, 2.24) is 20.2 Å². The highest BCUT2D eigenvalue weighted by Crippen LogP contribution is 2.27. The van der Waals surface area contributed by atoms with E-state index in [4.69, 9.17) is 9.47 Å². The number of nitrogens with zero attached hydrogens (tertiary/aromatic N) is 5. The second kappa shape index (κ2) is 10.2. The van der Waals surface area contributed by atoms with E-state index in [1.54, 1.807) is 24.3 Å². The molecule has 0 spiro atoms. The fourth-order valence-corrected chi connectivity index (χ4v) is 3.95. The van der Waals surface area contributed by atoms with Crippen molar-refractivity contribution in [2.45, 2.75) is 5.16 Å². The first kappa shape index (κ1) is 21.8. The third kappa shape index (κ3) is 5.06. The Morgan fingerprint density at radius 2 is 1.88 bits per heavy atom. The van der Waals surface area contributed by atoms with Gasteiger partial charge >= 0.3 is 5.97 Å². The van der Waals surface area contributed by atoms with E-state index in [0.717, 1.165) is 24.5 Å². The van der Waals surface area contributed by atoms with Crippen LogP contribution in [0.5, 0.6) is 0 Å². The molecule has 166 valence electrons. The maximum absolute atomic E-state index is 12.6. The SMILES string of the molecule is COC(=O)c1ccc(-n2nnnc2SCC(=O)Nc2ccccc2N2CCOCC2)cc1. The van der Waals surface area contributed by atoms with Crippen LogP contribution in [0.1, 0.15) is 10.4 Å². The number of hydrogen-bond donors (Lipinski definition) is 1. The molecule has 32 heavy (non-hydrogen) atoms. The van der Waals surface area contributed by atoms with Crippen LogP contribution in [0.15, 0.2) is 53.7 Å². The molecule has 1 amide bonds. The van der Waals surface area contributed by atoms with Gasteiger partial charge in [0, 0.05) is 13.1 Å². The molecular weight excluding hydrogens is 432 g/mol. The van der Waals surface area contributed by atoms with Crippen LogP contribution in [-0.2, 0) is 14.3 Å². The number of amides is 1. The molecule has 11 heteroatoms. The van der Waals surface area contributed by atoms with E-state index >= 15 is 0 Å². The van der Waals surface area contributed by atoms with Crippen molar-refractivity contribution in [3.05, 3.63) is 54.1 Å². The van der Waals surface area contributed by atoms with Crippen LogP contribution in [0.25, 0.3) is 5.69 Å². The van der Waals surface area contributed by atoms with Gasteiger partial charge < -0.3 is 19.7 Å². The second-order valence-electron chi connectivity index (χ2n) is 6.87. The van der Waals surface area contributed by atoms with Crippen LogP contribution in [0.3, 0.4) is 0 Å². The lowest BCUT2D eigenvalue weighted by Gasteiger charge is -2.30. The van der Waals surface area contributed by atoms with Crippen LogP contribution < -0.4 is 10.2 Å². The first-order valence-electron chi connectivity index (χ1n) is 9.97. The van der Waals surface area contributed by atoms with Crippen LogP contribution in [0.2, 0.25) is 0 Å². The zero-order chi connectivity index (χ0) is 22.3. The van der Waals surface area contributed by atoms with Crippen LogP contribution in [0.4, 0.5) is 11.4 Å². The van der Waals surface area contributed by atoms with Crippen molar-refractivity contribution >= 4 is 35.0 Å². The first-order valence-corrected chi connectivity index (χ1v) is 11.0. The quantitative estimate of drug-likeness (QED) is 0.423. The fraction of sp³-hybridized carbons (Fsp3) is 0.286. The molecule has 2 aromatic carbocycles. The highest BCUT2D eigenvalue weighted by Gasteiger charge is 2.17. The highest BCUT2D eigenvalue weighted by molar-refractivity contribution is 7.99. The van der Waals surface area contributed by atoms with Crippen molar-refractivity contribution in [2.24, 2.45) is 0 Å². The number of esters is 1. The van der Waals surface area contributed by atoms with Gasteiger partial charge in [-0.25, -0.2) is 4.79 Å². The number of morpholine rings is 1. The van der Waals surface area contributed by atoms with Gasteiger partial charge in [0.15, 0.2) is 0 Å². The van der Waals surface area contributed by atoms with Gasteiger partial charge in [0.2, 0.25) is 11.1 Å². The Morgan fingerprint density at radius 1 is 1.12 bits per heavy atom. The maximum Gasteiger partial charge on any atom is 0.337 e. The third-order valence-corrected chi connectivity index (χ3v) is 5.76. The van der Waals surface area contributed by atoms with Gasteiger partial charge in [-0.15, -0.1) is 5.10 Å². The van der Waals surface area contributed by atoms with Gasteiger partial charge in [0.1, 0.15) is 0 Å². The van der Waals surface area contributed by atoms with E-state index in [9.17, 15) is 9.59 Å². The first-order chi connectivity index (χ1) is 15.7. The summed E-state index contributed by atoms with van der Waals surface area (Å²) in [7, 11) is 1.33. The van der Waals surface area contributed by atoms with E-state index in [-0.39, 0.29) is 11.7 Å². The number of hydrogen-bond acceptors (Lipinski definition) is 9. The number of ether oxygens (including phenoxy) is 2. The van der Waals surface area contributed by atoms with E-state index in [0.29, 0.717) is 29.6 Å². The van der Waals surface area contributed by atoms with Crippen molar-refractivity contribution in [1.29, 1.82) is 0 Å². The van der Waals surface area contributed by atoms with Gasteiger partial charge in [-0.3, -0.25) is 4.79 Å². The molecule has 4 rings (SSSR count). The van der Waals surface area contributed by atoms with Crippen LogP contribution >= 0.6 is 11.8 Å². The molecule has 1 N–H and O–H groups in total. The Balaban J connectivity index is 1.40. The largest absolute Gasteiger partial charge is 0.465 e. The normalized spacial score (nSPS) is 13.6. The molecule has 0 unspecified atom stereocenters. The number of benzene rings is 2. The van der Waals surface area contributed by atoms with E-state index in [2.05, 4.69) is 25.7 Å². The molecule has 0 atom stereocenters. The standard InChI is InChI=1S/C21H22N6O4S/c1-30-20(29)15-6-8-16(9-7-15)27-21(23-24-25-27)32-14-19(28)22-17-4-2-3-5-18(17)26-10-12-31-13-11-26/h2-9H,10-14H2,1H3,(H,22,28). The number of carbonyl (C=O) groups excluding carboxylic acids is 2. The monoisotopic (exact) mass is 454 g/mol. The fourth-order valence-electron chi connectivity index (χ4n) is 3.26. The van der Waals surface area contributed by atoms with E-state index in [1.807, 2.05) is 24.3 Å². The summed E-state index contributed by atoms with van der Waals surface area (Å²) in [4.78, 5) is 26.4. The molecule has 0 saturated carbocycles. The van der Waals surface area contributed by atoms with Gasteiger partial charge in [-0.1, -0.05) is 23.9 Å². The molecule has 3 aromatic rings. The Labute approximate surface area is 188 Å². The minimum Gasteiger partial charge on any atom is -0.465 e. The number of thioether (sulfide) groups is 1. The number of methoxy groups -OCH3 is 1. The number of nitrogens with one attached hydrogen (secondary N) is 1. The van der Waals surface area contributed by atoms with Gasteiger partial charge in [-0.2, -0.15) is 4.68 Å². The molecule has 0 bridgehead atoms. The molecule has 2 heterocycles. The molecule has 1 aliphatic rings. The van der Waals surface area contributed by atoms with Crippen LogP contribution in [0, 0.1) is 0 Å². The molecule has 0 aliphatic carbocycles. The van der Waals surface area contributed by atoms with E-state index < -0.39 is 5.97 Å². The molecular formula is C21H22N6O4S. The van der Waals surface area contributed by atoms with Gasteiger partial charge in [-0.05, 0) is 46.8 Å². The highest BCUT2D eigenvalue weighted by atomic mass is 32.2. The number of aromatic nitrogens is 4. The lowest BCUT2D eigenvalue weighted by atomic mass is 10.2. The number of para-hydroxylation sites is 2. The predicted octanol–water partition coefficient (Wildman–Crippen LogP) is 2.02. The van der Waals surface area contributed by atoms with Crippen molar-refractivity contribution in [3.8, 4) is 5.69 Å². The summed E-state index contributed by atoms with van der Waals surface area (Å²) in [6.07, 6.45) is 0. The lowest BCUT2D eigenvalue weighted by Crippen LogP contribution is -2.36. The Bertz CT molecular complexity index is 1080. The van der Waals surface area contributed by atoms with Crippen molar-refractivity contribution < 1.29 is 19.1 Å². The topological polar surface area (TPSA) is 111 Å². The molecule has 10 nitrogen and oxygen atoms in total. The Morgan fingerprint density at radius 3 is 2.62 bits per heavy atom. The molecule has 1 saturated heterocycles. The Kier molecular flexibility index (Phi) is 6.97. The zero-order valence-corrected chi connectivity index (χ0v) is 18.2. The van der Waals surface area contributed by atoms with Crippen LogP contribution in [-0.4, -0.2) is 71.2 Å². The third-order valence-electron chi connectivity index (χ3n) is 4.84. The van der Waals surface area contributed by atoms with Crippen molar-refractivity contribution in [3.63, 3.8) is 0 Å². The average Bonchev–Trinajstić information content (AvgIpc) is 3.32. The molecule has 1 aliphatic heterocycles. The summed E-state index contributed by atoms with van der Waals surface area (Å²) in [5, 5.41) is 15.2. The van der Waals surface area contributed by atoms with Gasteiger partial charge in [0.05, 0.1) is 48.7 Å². The zero-order valence-electron chi connectivity index (χ0n) is 17.4. The smallest absolute Gasteiger partial charge is 0.337 e. The summed E-state index contributed by atoms with van der Waals surface area (Å²) >= 11 is 1.22. The molecule has 1 aromatic heterocycles. The van der Waals surface area contributed by atoms with Crippen molar-refractivity contribution in [2.75, 3.05) is 49.4 Å². The lowest BCUT2D eigenvalue weighted by molar-refractivity contribution is -0.113. The molecule has 0 radical (unpaired) electrons. The summed E-state index contributed by atoms with van der Waals surface area (Å²) in [6.45, 7) is 2.90. The Hall–Kier alpha value is -3.44. The van der Waals surface area contributed by atoms with Gasteiger partial charge in [0.25, 0.3) is 0 Å². The number of anilines is 2. The summed E-state index contributed by atoms with van der Waals surface area (Å²) in [6, 6.07) is 14.4. The minimum absolute atomic E-state index is 0.137. The summed E-state index contributed by atoms with van der Waals surface area (Å²) in [5.74, 6) is -0.443. The minimum atomic E-state index is -0.420. The number of carbonyl (C=O) groups is 2. The predicted molar refractivity (Wildman–Crippen MR) is 119 cm³/mol. The summed E-state index contributed by atoms with van der Waals surface area (Å²) in [5.41, 5.74) is 2.84. The average molecular weight is 455 g/mol. The van der Waals surface area contributed by atoms with E-state index in [1.165, 1.54) is 23.6 Å².